The minimum absolute atomic E-state index is 0.441. The summed E-state index contributed by atoms with van der Waals surface area (Å²) in [5, 5.41) is 0. The van der Waals surface area contributed by atoms with Gasteiger partial charge in [-0.3, -0.25) is 9.97 Å². The molecule has 0 radical (unpaired) electrons. The Balaban J connectivity index is 2.62. The second kappa shape index (κ2) is 4.37. The van der Waals surface area contributed by atoms with Crippen molar-refractivity contribution in [2.75, 3.05) is 11.9 Å². The second-order valence-electron chi connectivity index (χ2n) is 4.06. The maximum Gasteiger partial charge on any atom is 0.112 e. The van der Waals surface area contributed by atoms with Crippen LogP contribution in [0.1, 0.15) is 13.8 Å². The summed E-state index contributed by atoms with van der Waals surface area (Å²) in [5.41, 5.74) is 2.98. The molecule has 0 fully saturated rings. The lowest BCUT2D eigenvalue weighted by atomic mass is 10.2. The van der Waals surface area contributed by atoms with E-state index < -0.39 is 0 Å². The molecule has 0 saturated carbocycles. The Hall–Kier alpha value is -1.16. The Morgan fingerprint density at radius 2 is 2.06 bits per heavy atom. The Morgan fingerprint density at radius 1 is 1.31 bits per heavy atom. The van der Waals surface area contributed by atoms with Crippen molar-refractivity contribution in [2.45, 2.75) is 19.9 Å². The van der Waals surface area contributed by atoms with Crippen molar-refractivity contribution in [3.8, 4) is 0 Å². The third kappa shape index (κ3) is 2.02. The smallest absolute Gasteiger partial charge is 0.112 e. The quantitative estimate of drug-likeness (QED) is 0.845. The standard InChI is InChI=1S/C12H14BrN3/c1-8(2)16(3)11-4-5-14-10-6-9(13)7-15-12(10)11/h4-8H,1-3H3. The van der Waals surface area contributed by atoms with E-state index in [-0.39, 0.29) is 0 Å². The van der Waals surface area contributed by atoms with Crippen LogP contribution >= 0.6 is 15.9 Å². The molecule has 2 aromatic heterocycles. The van der Waals surface area contributed by atoms with Crippen molar-refractivity contribution in [3.63, 3.8) is 0 Å². The molecule has 0 spiro atoms. The zero-order valence-corrected chi connectivity index (χ0v) is 11.2. The predicted octanol–water partition coefficient (Wildman–Crippen LogP) is 3.24. The molecular weight excluding hydrogens is 266 g/mol. The number of fused-ring (bicyclic) bond motifs is 1. The largest absolute Gasteiger partial charge is 0.370 e. The van der Waals surface area contributed by atoms with Gasteiger partial charge in [-0.25, -0.2) is 0 Å². The minimum Gasteiger partial charge on any atom is -0.370 e. The summed E-state index contributed by atoms with van der Waals surface area (Å²) in [7, 11) is 2.07. The van der Waals surface area contributed by atoms with Crippen molar-refractivity contribution in [3.05, 3.63) is 29.0 Å². The van der Waals surface area contributed by atoms with Crippen molar-refractivity contribution >= 4 is 32.7 Å². The van der Waals surface area contributed by atoms with Gasteiger partial charge in [-0.05, 0) is 41.9 Å². The van der Waals surface area contributed by atoms with Gasteiger partial charge in [0, 0.05) is 30.0 Å². The molecule has 3 nitrogen and oxygen atoms in total. The summed E-state index contributed by atoms with van der Waals surface area (Å²) in [6, 6.07) is 4.43. The van der Waals surface area contributed by atoms with Crippen LogP contribution in [0.5, 0.6) is 0 Å². The second-order valence-corrected chi connectivity index (χ2v) is 4.97. The van der Waals surface area contributed by atoms with E-state index in [1.165, 1.54) is 0 Å². The van der Waals surface area contributed by atoms with Crippen LogP contribution < -0.4 is 4.90 Å². The van der Waals surface area contributed by atoms with E-state index in [1.54, 1.807) is 0 Å². The highest BCUT2D eigenvalue weighted by Gasteiger charge is 2.10. The number of hydrogen-bond acceptors (Lipinski definition) is 3. The predicted molar refractivity (Wildman–Crippen MR) is 70.8 cm³/mol. The molecule has 2 rings (SSSR count). The summed E-state index contributed by atoms with van der Waals surface area (Å²) in [6.45, 7) is 4.32. The maximum absolute atomic E-state index is 4.43. The average Bonchev–Trinajstić information content (AvgIpc) is 2.26. The monoisotopic (exact) mass is 279 g/mol. The lowest BCUT2D eigenvalue weighted by Gasteiger charge is -2.24. The first kappa shape index (κ1) is 11.3. The Morgan fingerprint density at radius 3 is 2.75 bits per heavy atom. The summed E-state index contributed by atoms with van der Waals surface area (Å²) < 4.78 is 0.955. The molecular formula is C12H14BrN3. The molecule has 0 aromatic carbocycles. The lowest BCUT2D eigenvalue weighted by molar-refractivity contribution is 0.756. The minimum atomic E-state index is 0.441. The highest BCUT2D eigenvalue weighted by molar-refractivity contribution is 9.10. The third-order valence-electron chi connectivity index (χ3n) is 2.68. The number of nitrogens with zero attached hydrogens (tertiary/aromatic N) is 3. The molecule has 2 aromatic rings. The van der Waals surface area contributed by atoms with E-state index >= 15 is 0 Å². The number of anilines is 1. The van der Waals surface area contributed by atoms with E-state index in [1.807, 2.05) is 24.5 Å². The van der Waals surface area contributed by atoms with Crippen LogP contribution in [0.15, 0.2) is 29.0 Å². The topological polar surface area (TPSA) is 29.0 Å². The van der Waals surface area contributed by atoms with Gasteiger partial charge in [-0.1, -0.05) is 0 Å². The van der Waals surface area contributed by atoms with Gasteiger partial charge in [0.15, 0.2) is 0 Å². The molecule has 16 heavy (non-hydrogen) atoms. The fourth-order valence-corrected chi connectivity index (χ4v) is 1.87. The fraction of sp³-hybridized carbons (Fsp3) is 0.333. The third-order valence-corrected chi connectivity index (χ3v) is 3.11. The molecule has 84 valence electrons. The van der Waals surface area contributed by atoms with E-state index in [0.29, 0.717) is 6.04 Å². The highest BCUT2D eigenvalue weighted by Crippen LogP contribution is 2.25. The lowest BCUT2D eigenvalue weighted by Crippen LogP contribution is -2.25. The van der Waals surface area contributed by atoms with Gasteiger partial charge in [-0.15, -0.1) is 0 Å². The number of hydrogen-bond donors (Lipinski definition) is 0. The van der Waals surface area contributed by atoms with Crippen LogP contribution in [-0.4, -0.2) is 23.1 Å². The van der Waals surface area contributed by atoms with Crippen LogP contribution in [-0.2, 0) is 0 Å². The van der Waals surface area contributed by atoms with Gasteiger partial charge < -0.3 is 4.90 Å². The zero-order chi connectivity index (χ0) is 11.7. The van der Waals surface area contributed by atoms with Crippen LogP contribution in [0, 0.1) is 0 Å². The molecule has 4 heteroatoms. The number of pyridine rings is 2. The van der Waals surface area contributed by atoms with Crippen molar-refractivity contribution in [1.29, 1.82) is 0 Å². The SMILES string of the molecule is CC(C)N(C)c1ccnc2cc(Br)cnc12. The van der Waals surface area contributed by atoms with E-state index in [0.717, 1.165) is 21.2 Å². The van der Waals surface area contributed by atoms with Crippen LogP contribution in [0.2, 0.25) is 0 Å². The fourth-order valence-electron chi connectivity index (χ4n) is 1.55. The number of rotatable bonds is 2. The first-order chi connectivity index (χ1) is 7.59. The highest BCUT2D eigenvalue weighted by atomic mass is 79.9. The molecule has 0 unspecified atom stereocenters. The van der Waals surface area contributed by atoms with Gasteiger partial charge in [-0.2, -0.15) is 0 Å². The summed E-state index contributed by atoms with van der Waals surface area (Å²) in [5.74, 6) is 0. The van der Waals surface area contributed by atoms with Crippen molar-refractivity contribution in [2.24, 2.45) is 0 Å². The Kier molecular flexibility index (Phi) is 3.10. The molecule has 0 aliphatic rings. The van der Waals surface area contributed by atoms with Crippen molar-refractivity contribution < 1.29 is 0 Å². The molecule has 0 saturated heterocycles. The summed E-state index contributed by atoms with van der Waals surface area (Å²) in [6.07, 6.45) is 3.63. The first-order valence-electron chi connectivity index (χ1n) is 5.22. The van der Waals surface area contributed by atoms with Gasteiger partial charge in [0.2, 0.25) is 0 Å². The number of aromatic nitrogens is 2. The normalized spacial score (nSPS) is 11.1. The van der Waals surface area contributed by atoms with Crippen LogP contribution in [0.3, 0.4) is 0 Å². The molecule has 0 N–H and O–H groups in total. The van der Waals surface area contributed by atoms with E-state index in [4.69, 9.17) is 0 Å². The van der Waals surface area contributed by atoms with Crippen molar-refractivity contribution in [1.82, 2.24) is 9.97 Å². The summed E-state index contributed by atoms with van der Waals surface area (Å²) in [4.78, 5) is 11.0. The van der Waals surface area contributed by atoms with Gasteiger partial charge >= 0.3 is 0 Å². The molecule has 0 atom stereocenters. The van der Waals surface area contributed by atoms with Gasteiger partial charge in [0.05, 0.1) is 11.2 Å². The first-order valence-corrected chi connectivity index (χ1v) is 6.02. The molecule has 0 bridgehead atoms. The molecule has 0 aliphatic heterocycles. The molecule has 2 heterocycles. The average molecular weight is 280 g/mol. The molecule has 0 amide bonds. The van der Waals surface area contributed by atoms with E-state index in [2.05, 4.69) is 51.7 Å². The van der Waals surface area contributed by atoms with Gasteiger partial charge in [0.1, 0.15) is 5.52 Å². The van der Waals surface area contributed by atoms with E-state index in [9.17, 15) is 0 Å². The summed E-state index contributed by atoms with van der Waals surface area (Å²) >= 11 is 3.41. The number of halogens is 1. The van der Waals surface area contributed by atoms with Gasteiger partial charge in [0.25, 0.3) is 0 Å². The van der Waals surface area contributed by atoms with Crippen LogP contribution in [0.4, 0.5) is 5.69 Å². The Bertz CT molecular complexity index is 511. The maximum atomic E-state index is 4.43. The molecule has 0 aliphatic carbocycles. The zero-order valence-electron chi connectivity index (χ0n) is 9.61. The Labute approximate surface area is 104 Å². The van der Waals surface area contributed by atoms with Crippen LogP contribution in [0.25, 0.3) is 11.0 Å².